The molecule has 7 nitrogen and oxygen atoms in total. The molecule has 0 unspecified atom stereocenters. The highest BCUT2D eigenvalue weighted by Crippen LogP contribution is 2.31. The van der Waals surface area contributed by atoms with Gasteiger partial charge in [-0.2, -0.15) is 5.26 Å². The molecule has 0 saturated carbocycles. The molecule has 44 heavy (non-hydrogen) atoms. The molecule has 216 valence electrons. The van der Waals surface area contributed by atoms with Crippen LogP contribution in [0.15, 0.2) is 124 Å². The van der Waals surface area contributed by atoms with Gasteiger partial charge in [0, 0.05) is 16.3 Å². The molecular formula is C35H25ClN4O3S. The summed E-state index contributed by atoms with van der Waals surface area (Å²) in [5, 5.41) is 12.8. The summed E-state index contributed by atoms with van der Waals surface area (Å²) >= 11 is 7.45. The van der Waals surface area contributed by atoms with E-state index in [1.807, 2.05) is 84.9 Å². The van der Waals surface area contributed by atoms with Crippen molar-refractivity contribution >= 4 is 40.6 Å². The lowest BCUT2D eigenvalue weighted by molar-refractivity contribution is -0.113. The largest absolute Gasteiger partial charge is 0.489 e. The molecule has 1 aromatic heterocycles. The van der Waals surface area contributed by atoms with Crippen molar-refractivity contribution in [2.45, 2.75) is 19.6 Å². The molecule has 0 spiro atoms. The molecule has 1 atom stereocenters. The zero-order valence-electron chi connectivity index (χ0n) is 23.5. The number of allylic oxidation sites excluding steroid dienone is 1. The Kier molecular flexibility index (Phi) is 8.24. The van der Waals surface area contributed by atoms with Crippen LogP contribution in [0, 0.1) is 11.3 Å². The summed E-state index contributed by atoms with van der Waals surface area (Å²) in [5.74, 6) is 0.309. The van der Waals surface area contributed by atoms with E-state index in [0.29, 0.717) is 42.6 Å². The number of halogens is 1. The number of fused-ring (bicyclic) bond motifs is 1. The van der Waals surface area contributed by atoms with Gasteiger partial charge in [0.05, 0.1) is 33.5 Å². The molecule has 5 aromatic rings. The van der Waals surface area contributed by atoms with Crippen LogP contribution in [-0.4, -0.2) is 10.5 Å². The normalized spacial score (nSPS) is 14.4. The molecule has 0 radical (unpaired) electrons. The second-order valence-corrected chi connectivity index (χ2v) is 11.5. The van der Waals surface area contributed by atoms with Gasteiger partial charge in [-0.15, -0.1) is 0 Å². The fourth-order valence-electron chi connectivity index (χ4n) is 5.02. The quantitative estimate of drug-likeness (QED) is 0.243. The summed E-state index contributed by atoms with van der Waals surface area (Å²) < 4.78 is 7.96. The van der Waals surface area contributed by atoms with E-state index in [4.69, 9.17) is 21.3 Å². The molecular weight excluding hydrogens is 592 g/mol. The van der Waals surface area contributed by atoms with Crippen molar-refractivity contribution in [3.63, 3.8) is 0 Å². The molecule has 0 saturated heterocycles. The van der Waals surface area contributed by atoms with Crippen molar-refractivity contribution in [1.29, 1.82) is 5.26 Å². The van der Waals surface area contributed by atoms with Gasteiger partial charge in [0.1, 0.15) is 12.4 Å². The molecule has 0 aliphatic carbocycles. The Morgan fingerprint density at radius 3 is 2.45 bits per heavy atom. The van der Waals surface area contributed by atoms with E-state index in [1.54, 1.807) is 35.8 Å². The first-order valence-corrected chi connectivity index (χ1v) is 15.0. The van der Waals surface area contributed by atoms with Crippen LogP contribution in [0.3, 0.4) is 0 Å². The maximum Gasteiger partial charge on any atom is 0.271 e. The van der Waals surface area contributed by atoms with E-state index in [9.17, 15) is 14.9 Å². The number of anilines is 1. The summed E-state index contributed by atoms with van der Waals surface area (Å²) in [7, 11) is 0. The fraction of sp³-hybridized carbons (Fsp3) is 0.0857. The SMILES string of the molecule is CC1=C(C(=O)Nc2ccccc2)[C@@H](c2ccc(Cl)cc2)n2c(s/c(=C/c3ccc(OCc4ccccc4C#N)cc3)c2=O)=N1. The number of benzene rings is 4. The van der Waals surface area contributed by atoms with E-state index < -0.39 is 6.04 Å². The highest BCUT2D eigenvalue weighted by molar-refractivity contribution is 7.07. The molecule has 1 aliphatic heterocycles. The van der Waals surface area contributed by atoms with Gasteiger partial charge in [-0.25, -0.2) is 4.99 Å². The van der Waals surface area contributed by atoms with Crippen molar-refractivity contribution in [1.82, 2.24) is 4.57 Å². The minimum atomic E-state index is -0.693. The van der Waals surface area contributed by atoms with E-state index in [2.05, 4.69) is 11.4 Å². The van der Waals surface area contributed by atoms with E-state index in [1.165, 1.54) is 11.3 Å². The highest BCUT2D eigenvalue weighted by Gasteiger charge is 2.32. The summed E-state index contributed by atoms with van der Waals surface area (Å²) in [5.41, 5.74) is 4.25. The Bertz CT molecular complexity index is 2110. The monoisotopic (exact) mass is 616 g/mol. The Morgan fingerprint density at radius 2 is 1.73 bits per heavy atom. The number of ether oxygens (including phenoxy) is 1. The van der Waals surface area contributed by atoms with Gasteiger partial charge in [-0.3, -0.25) is 14.2 Å². The van der Waals surface area contributed by atoms with Crippen LogP contribution >= 0.6 is 22.9 Å². The van der Waals surface area contributed by atoms with Crippen LogP contribution in [0.5, 0.6) is 5.75 Å². The summed E-state index contributed by atoms with van der Waals surface area (Å²) in [6.07, 6.45) is 1.81. The number of carbonyl (C=O) groups is 1. The number of hydrogen-bond donors (Lipinski definition) is 1. The van der Waals surface area contributed by atoms with Crippen LogP contribution < -0.4 is 24.9 Å². The Hall–Kier alpha value is -5.23. The van der Waals surface area contributed by atoms with Gasteiger partial charge in [-0.05, 0) is 66.6 Å². The van der Waals surface area contributed by atoms with Crippen LogP contribution in [-0.2, 0) is 11.4 Å². The number of aromatic nitrogens is 1. The van der Waals surface area contributed by atoms with Gasteiger partial charge in [-0.1, -0.05) is 83.6 Å². The minimum Gasteiger partial charge on any atom is -0.489 e. The molecule has 2 heterocycles. The van der Waals surface area contributed by atoms with Crippen molar-refractivity contribution in [2.75, 3.05) is 5.32 Å². The van der Waals surface area contributed by atoms with Crippen molar-refractivity contribution in [3.05, 3.63) is 161 Å². The van der Waals surface area contributed by atoms with Crippen molar-refractivity contribution in [3.8, 4) is 11.8 Å². The van der Waals surface area contributed by atoms with E-state index in [0.717, 1.165) is 16.7 Å². The van der Waals surface area contributed by atoms with Gasteiger partial charge >= 0.3 is 0 Å². The van der Waals surface area contributed by atoms with E-state index >= 15 is 0 Å². The molecule has 1 amide bonds. The predicted octanol–water partition coefficient (Wildman–Crippen LogP) is 5.98. The Morgan fingerprint density at radius 1 is 1.02 bits per heavy atom. The number of amides is 1. The number of rotatable bonds is 7. The van der Waals surface area contributed by atoms with Crippen LogP contribution in [0.25, 0.3) is 6.08 Å². The van der Waals surface area contributed by atoms with Gasteiger partial charge in [0.25, 0.3) is 11.5 Å². The number of carbonyl (C=O) groups excluding carboxylic acids is 1. The number of nitrogens with zero attached hydrogens (tertiary/aromatic N) is 3. The van der Waals surface area contributed by atoms with E-state index in [-0.39, 0.29) is 18.1 Å². The zero-order chi connectivity index (χ0) is 30.6. The molecule has 4 aromatic carbocycles. The summed E-state index contributed by atoms with van der Waals surface area (Å²) in [4.78, 5) is 32.8. The van der Waals surface area contributed by atoms with Crippen LogP contribution in [0.2, 0.25) is 5.02 Å². The number of nitriles is 1. The molecule has 9 heteroatoms. The molecule has 1 aliphatic rings. The third kappa shape index (κ3) is 5.97. The second-order valence-electron chi connectivity index (χ2n) is 10.1. The molecule has 6 rings (SSSR count). The standard InChI is InChI=1S/C35H25ClN4O3S/c1-22-31(33(41)39-28-9-3-2-4-10-28)32(24-13-15-27(36)16-14-24)40-34(42)30(44-35(40)38-22)19-23-11-17-29(18-12-23)43-21-26-8-6-5-7-25(26)20-37/h2-19,32H,21H2,1H3,(H,39,41)/b30-19+/t32-/m1/s1. The topological polar surface area (TPSA) is 96.5 Å². The maximum atomic E-state index is 13.9. The third-order valence-electron chi connectivity index (χ3n) is 7.19. The number of thiazole rings is 1. The van der Waals surface area contributed by atoms with Crippen molar-refractivity contribution < 1.29 is 9.53 Å². The second kappa shape index (κ2) is 12.6. The van der Waals surface area contributed by atoms with Gasteiger partial charge in [0.15, 0.2) is 4.80 Å². The molecule has 1 N–H and O–H groups in total. The minimum absolute atomic E-state index is 0.250. The van der Waals surface area contributed by atoms with Crippen LogP contribution in [0.4, 0.5) is 5.69 Å². The average molecular weight is 617 g/mol. The third-order valence-corrected chi connectivity index (χ3v) is 8.43. The Balaban J connectivity index is 1.33. The smallest absolute Gasteiger partial charge is 0.271 e. The molecule has 0 bridgehead atoms. The highest BCUT2D eigenvalue weighted by atomic mass is 35.5. The first kappa shape index (κ1) is 28.9. The number of nitrogens with one attached hydrogen (secondary N) is 1. The van der Waals surface area contributed by atoms with Crippen LogP contribution in [0.1, 0.15) is 35.2 Å². The summed E-state index contributed by atoms with van der Waals surface area (Å²) in [6, 6.07) is 32.5. The lowest BCUT2D eigenvalue weighted by Gasteiger charge is -2.25. The average Bonchev–Trinajstić information content (AvgIpc) is 3.34. The zero-order valence-corrected chi connectivity index (χ0v) is 25.1. The van der Waals surface area contributed by atoms with Crippen molar-refractivity contribution in [2.24, 2.45) is 4.99 Å². The lowest BCUT2D eigenvalue weighted by Crippen LogP contribution is -2.40. The predicted molar refractivity (Wildman–Crippen MR) is 172 cm³/mol. The van der Waals surface area contributed by atoms with Gasteiger partial charge in [0.2, 0.25) is 0 Å². The molecule has 0 fully saturated rings. The number of para-hydroxylation sites is 1. The summed E-state index contributed by atoms with van der Waals surface area (Å²) in [6.45, 7) is 2.06. The fourth-order valence-corrected chi connectivity index (χ4v) is 6.19. The maximum absolute atomic E-state index is 13.9. The number of hydrogen-bond acceptors (Lipinski definition) is 6. The van der Waals surface area contributed by atoms with Gasteiger partial charge < -0.3 is 10.1 Å². The first-order chi connectivity index (χ1) is 21.4. The lowest BCUT2D eigenvalue weighted by atomic mass is 9.95. The first-order valence-electron chi connectivity index (χ1n) is 13.8. The Labute approximate surface area is 262 Å².